The molecular weight excluding hydrogens is 296 g/mol. The third-order valence-corrected chi connectivity index (χ3v) is 3.01. The summed E-state index contributed by atoms with van der Waals surface area (Å²) in [5.41, 5.74) is 0.741. The zero-order valence-electron chi connectivity index (χ0n) is 10.1. The van der Waals surface area contributed by atoms with E-state index in [1.54, 1.807) is 6.08 Å². The van der Waals surface area contributed by atoms with Crippen molar-refractivity contribution >= 4 is 27.5 Å². The maximum absolute atomic E-state index is 11.8. The van der Waals surface area contributed by atoms with Gasteiger partial charge in [0.05, 0.1) is 18.8 Å². The highest BCUT2D eigenvalue weighted by Gasteiger charge is 2.10. The van der Waals surface area contributed by atoms with E-state index in [1.165, 1.54) is 0 Å². The largest absolute Gasteiger partial charge is 0.395 e. The summed E-state index contributed by atoms with van der Waals surface area (Å²) in [5, 5.41) is 11.7. The van der Waals surface area contributed by atoms with E-state index in [4.69, 9.17) is 5.11 Å². The van der Waals surface area contributed by atoms with Gasteiger partial charge in [0.2, 0.25) is 5.91 Å². The second-order valence-electron chi connectivity index (χ2n) is 3.78. The third-order valence-electron chi connectivity index (χ3n) is 2.32. The standard InChI is InChI=1S/C13H17BrN2O2/c1-2-7-16(8-9-17)10-13(18)15-12-6-4-3-5-11(12)14/h2-6,17H,1,7-10H2,(H,15,18). The number of carbonyl (C=O) groups excluding carboxylic acids is 1. The lowest BCUT2D eigenvalue weighted by Gasteiger charge is -2.18. The molecule has 1 amide bonds. The summed E-state index contributed by atoms with van der Waals surface area (Å²) < 4.78 is 0.843. The highest BCUT2D eigenvalue weighted by atomic mass is 79.9. The number of para-hydroxylation sites is 1. The molecule has 0 saturated carbocycles. The van der Waals surface area contributed by atoms with Crippen molar-refractivity contribution < 1.29 is 9.90 Å². The lowest BCUT2D eigenvalue weighted by Crippen LogP contribution is -2.35. The molecule has 0 aliphatic rings. The van der Waals surface area contributed by atoms with Crippen molar-refractivity contribution in [2.24, 2.45) is 0 Å². The summed E-state index contributed by atoms with van der Waals surface area (Å²) in [4.78, 5) is 13.7. The van der Waals surface area contributed by atoms with Crippen LogP contribution < -0.4 is 5.32 Å². The first-order valence-electron chi connectivity index (χ1n) is 5.66. The van der Waals surface area contributed by atoms with Crippen molar-refractivity contribution in [2.45, 2.75) is 0 Å². The number of aliphatic hydroxyl groups excluding tert-OH is 1. The molecule has 0 unspecified atom stereocenters. The molecular formula is C13H17BrN2O2. The number of rotatable bonds is 7. The Bertz CT molecular complexity index is 410. The summed E-state index contributed by atoms with van der Waals surface area (Å²) in [6.45, 7) is 4.91. The van der Waals surface area contributed by atoms with Gasteiger partial charge in [-0.1, -0.05) is 18.2 Å². The number of nitrogens with one attached hydrogen (secondary N) is 1. The van der Waals surface area contributed by atoms with Crippen molar-refractivity contribution in [3.63, 3.8) is 0 Å². The van der Waals surface area contributed by atoms with Gasteiger partial charge in [-0.2, -0.15) is 0 Å². The molecule has 0 spiro atoms. The van der Waals surface area contributed by atoms with E-state index in [2.05, 4.69) is 27.8 Å². The van der Waals surface area contributed by atoms with Crippen LogP contribution in [0.5, 0.6) is 0 Å². The predicted octanol–water partition coefficient (Wildman–Crippen LogP) is 1.87. The lowest BCUT2D eigenvalue weighted by atomic mass is 10.3. The number of aliphatic hydroxyl groups is 1. The van der Waals surface area contributed by atoms with Crippen LogP contribution in [0.2, 0.25) is 0 Å². The molecule has 4 nitrogen and oxygen atoms in total. The zero-order chi connectivity index (χ0) is 13.4. The average Bonchev–Trinajstić information content (AvgIpc) is 2.33. The number of carbonyl (C=O) groups is 1. The maximum atomic E-state index is 11.8. The normalized spacial score (nSPS) is 10.4. The first-order chi connectivity index (χ1) is 8.67. The fourth-order valence-corrected chi connectivity index (χ4v) is 1.90. The second-order valence-corrected chi connectivity index (χ2v) is 4.63. The highest BCUT2D eigenvalue weighted by Crippen LogP contribution is 2.20. The Morgan fingerprint density at radius 2 is 2.22 bits per heavy atom. The van der Waals surface area contributed by atoms with Gasteiger partial charge in [0.25, 0.3) is 0 Å². The van der Waals surface area contributed by atoms with Crippen LogP contribution in [0.1, 0.15) is 0 Å². The summed E-state index contributed by atoms with van der Waals surface area (Å²) in [6, 6.07) is 7.43. The van der Waals surface area contributed by atoms with Crippen LogP contribution in [0.4, 0.5) is 5.69 Å². The van der Waals surface area contributed by atoms with E-state index in [0.29, 0.717) is 13.1 Å². The molecule has 18 heavy (non-hydrogen) atoms. The molecule has 0 bridgehead atoms. The van der Waals surface area contributed by atoms with Crippen molar-refractivity contribution in [3.8, 4) is 0 Å². The predicted molar refractivity (Wildman–Crippen MR) is 76.5 cm³/mol. The van der Waals surface area contributed by atoms with Gasteiger partial charge in [-0.25, -0.2) is 0 Å². The monoisotopic (exact) mass is 312 g/mol. The number of benzene rings is 1. The second kappa shape index (κ2) is 8.02. The highest BCUT2D eigenvalue weighted by molar-refractivity contribution is 9.10. The Morgan fingerprint density at radius 3 is 2.83 bits per heavy atom. The van der Waals surface area contributed by atoms with Crippen LogP contribution in [0.15, 0.2) is 41.4 Å². The van der Waals surface area contributed by atoms with Crippen LogP contribution in [0.3, 0.4) is 0 Å². The lowest BCUT2D eigenvalue weighted by molar-refractivity contribution is -0.117. The average molecular weight is 313 g/mol. The molecule has 0 saturated heterocycles. The minimum Gasteiger partial charge on any atom is -0.395 e. The van der Waals surface area contributed by atoms with Crippen LogP contribution in [-0.4, -0.2) is 42.2 Å². The van der Waals surface area contributed by atoms with E-state index >= 15 is 0 Å². The van der Waals surface area contributed by atoms with Gasteiger partial charge in [0.15, 0.2) is 0 Å². The third kappa shape index (κ3) is 5.00. The Balaban J connectivity index is 2.54. The van der Waals surface area contributed by atoms with Crippen LogP contribution in [-0.2, 0) is 4.79 Å². The molecule has 0 aromatic heterocycles. The van der Waals surface area contributed by atoms with Crippen molar-refractivity contribution in [2.75, 3.05) is 31.6 Å². The quantitative estimate of drug-likeness (QED) is 0.756. The van der Waals surface area contributed by atoms with Gasteiger partial charge in [-0.3, -0.25) is 9.69 Å². The van der Waals surface area contributed by atoms with E-state index < -0.39 is 0 Å². The van der Waals surface area contributed by atoms with Gasteiger partial charge in [-0.05, 0) is 28.1 Å². The number of anilines is 1. The maximum Gasteiger partial charge on any atom is 0.238 e. The SMILES string of the molecule is C=CCN(CCO)CC(=O)Nc1ccccc1Br. The van der Waals surface area contributed by atoms with E-state index in [9.17, 15) is 4.79 Å². The van der Waals surface area contributed by atoms with Crippen LogP contribution in [0.25, 0.3) is 0 Å². The first kappa shape index (κ1) is 14.9. The Labute approximate surface area is 115 Å². The molecule has 0 heterocycles. The van der Waals surface area contributed by atoms with E-state index in [1.807, 2.05) is 29.2 Å². The Kier molecular flexibility index (Phi) is 6.64. The number of hydrogen-bond acceptors (Lipinski definition) is 3. The molecule has 0 aliphatic carbocycles. The Morgan fingerprint density at radius 1 is 1.50 bits per heavy atom. The molecule has 0 radical (unpaired) electrons. The zero-order valence-corrected chi connectivity index (χ0v) is 11.7. The first-order valence-corrected chi connectivity index (χ1v) is 6.45. The summed E-state index contributed by atoms with van der Waals surface area (Å²) in [7, 11) is 0. The summed E-state index contributed by atoms with van der Waals surface area (Å²) >= 11 is 3.37. The van der Waals surface area contributed by atoms with E-state index in [-0.39, 0.29) is 19.1 Å². The van der Waals surface area contributed by atoms with Gasteiger partial charge in [-0.15, -0.1) is 6.58 Å². The minimum absolute atomic E-state index is 0.0240. The number of amides is 1. The number of hydrogen-bond donors (Lipinski definition) is 2. The molecule has 2 N–H and O–H groups in total. The van der Waals surface area contributed by atoms with Crippen molar-refractivity contribution in [3.05, 3.63) is 41.4 Å². The van der Waals surface area contributed by atoms with Crippen LogP contribution >= 0.6 is 15.9 Å². The topological polar surface area (TPSA) is 52.6 Å². The summed E-state index contributed by atoms with van der Waals surface area (Å²) in [5.74, 6) is -0.114. The fourth-order valence-electron chi connectivity index (χ4n) is 1.51. The number of nitrogens with zero attached hydrogens (tertiary/aromatic N) is 1. The molecule has 1 rings (SSSR count). The summed E-state index contributed by atoms with van der Waals surface area (Å²) in [6.07, 6.45) is 1.71. The molecule has 0 aliphatic heterocycles. The minimum atomic E-state index is -0.114. The molecule has 0 atom stereocenters. The molecule has 1 aromatic rings. The number of halogens is 1. The van der Waals surface area contributed by atoms with E-state index in [0.717, 1.165) is 10.2 Å². The Hall–Kier alpha value is -1.17. The van der Waals surface area contributed by atoms with Gasteiger partial charge >= 0.3 is 0 Å². The van der Waals surface area contributed by atoms with Crippen molar-refractivity contribution in [1.82, 2.24) is 4.90 Å². The molecule has 98 valence electrons. The van der Waals surface area contributed by atoms with Gasteiger partial charge in [0, 0.05) is 17.6 Å². The molecule has 0 fully saturated rings. The smallest absolute Gasteiger partial charge is 0.238 e. The van der Waals surface area contributed by atoms with Crippen LogP contribution in [0, 0.1) is 0 Å². The molecule has 1 aromatic carbocycles. The van der Waals surface area contributed by atoms with Gasteiger partial charge in [0.1, 0.15) is 0 Å². The van der Waals surface area contributed by atoms with Crippen molar-refractivity contribution in [1.29, 1.82) is 0 Å². The fraction of sp³-hybridized carbons (Fsp3) is 0.308. The molecule has 5 heteroatoms. The van der Waals surface area contributed by atoms with Gasteiger partial charge < -0.3 is 10.4 Å².